The van der Waals surface area contributed by atoms with E-state index in [2.05, 4.69) is 11.8 Å². The Hall–Kier alpha value is -0.0800. The molecule has 0 aliphatic carbocycles. The minimum Gasteiger partial charge on any atom is -0.329 e. The van der Waals surface area contributed by atoms with Crippen LogP contribution < -0.4 is 5.73 Å². The summed E-state index contributed by atoms with van der Waals surface area (Å²) in [4.78, 5) is 2.60. The summed E-state index contributed by atoms with van der Waals surface area (Å²) in [7, 11) is 0. The smallest absolute Gasteiger partial charge is 0.0218 e. The maximum absolute atomic E-state index is 5.85. The molecule has 0 bridgehead atoms. The van der Waals surface area contributed by atoms with Crippen LogP contribution in [0.5, 0.6) is 0 Å². The maximum atomic E-state index is 5.85. The van der Waals surface area contributed by atoms with E-state index in [1.54, 1.807) is 0 Å². The number of hydrogen-bond acceptors (Lipinski definition) is 2. The first-order chi connectivity index (χ1) is 7.38. The molecule has 0 radical (unpaired) electrons. The van der Waals surface area contributed by atoms with Crippen molar-refractivity contribution in [2.45, 2.75) is 64.3 Å². The highest BCUT2D eigenvalue weighted by Crippen LogP contribution is 2.16. The van der Waals surface area contributed by atoms with E-state index in [0.29, 0.717) is 6.04 Å². The maximum Gasteiger partial charge on any atom is 0.0218 e. The van der Waals surface area contributed by atoms with Crippen LogP contribution in [-0.4, -0.2) is 30.6 Å². The quantitative estimate of drug-likeness (QED) is 0.627. The molecule has 0 amide bonds. The zero-order valence-corrected chi connectivity index (χ0v) is 10.4. The number of unbranched alkanes of at least 4 members (excludes halogenated alkanes) is 4. The molecule has 15 heavy (non-hydrogen) atoms. The largest absolute Gasteiger partial charge is 0.329 e. The van der Waals surface area contributed by atoms with Crippen molar-refractivity contribution in [3.63, 3.8) is 0 Å². The van der Waals surface area contributed by atoms with Gasteiger partial charge in [0.15, 0.2) is 0 Å². The van der Waals surface area contributed by atoms with Crippen molar-refractivity contribution in [3.05, 3.63) is 0 Å². The van der Waals surface area contributed by atoms with Gasteiger partial charge in [0.25, 0.3) is 0 Å². The predicted molar refractivity (Wildman–Crippen MR) is 67.0 cm³/mol. The van der Waals surface area contributed by atoms with Crippen LogP contribution in [0.4, 0.5) is 0 Å². The third kappa shape index (κ3) is 4.98. The zero-order valence-electron chi connectivity index (χ0n) is 10.4. The van der Waals surface area contributed by atoms with Gasteiger partial charge < -0.3 is 5.73 Å². The molecule has 0 spiro atoms. The summed E-state index contributed by atoms with van der Waals surface area (Å²) >= 11 is 0. The molecule has 0 aromatic carbocycles. The molecule has 1 aliphatic rings. The Morgan fingerprint density at radius 3 is 2.33 bits per heavy atom. The Balaban J connectivity index is 2.05. The van der Waals surface area contributed by atoms with E-state index in [1.165, 1.54) is 64.5 Å². The highest BCUT2D eigenvalue weighted by Gasteiger charge is 2.19. The fourth-order valence-corrected chi connectivity index (χ4v) is 2.54. The lowest BCUT2D eigenvalue weighted by atomic mass is 10.1. The van der Waals surface area contributed by atoms with Crippen molar-refractivity contribution in [1.29, 1.82) is 0 Å². The Morgan fingerprint density at radius 2 is 1.73 bits per heavy atom. The number of nitrogens with zero attached hydrogens (tertiary/aromatic N) is 1. The van der Waals surface area contributed by atoms with E-state index >= 15 is 0 Å². The van der Waals surface area contributed by atoms with E-state index in [0.717, 1.165) is 6.54 Å². The fraction of sp³-hybridized carbons (Fsp3) is 1.00. The standard InChI is InChI=1S/C13H28N2/c1-2-3-4-5-6-9-13(12-14)15-10-7-8-11-15/h13H,2-12,14H2,1H3. The molecule has 2 heteroatoms. The third-order valence-corrected chi connectivity index (χ3v) is 3.57. The monoisotopic (exact) mass is 212 g/mol. The van der Waals surface area contributed by atoms with Gasteiger partial charge in [-0.25, -0.2) is 0 Å². The molecular formula is C13H28N2. The molecule has 2 N–H and O–H groups in total. The van der Waals surface area contributed by atoms with Gasteiger partial charge in [0.05, 0.1) is 0 Å². The third-order valence-electron chi connectivity index (χ3n) is 3.57. The van der Waals surface area contributed by atoms with Gasteiger partial charge in [0.1, 0.15) is 0 Å². The van der Waals surface area contributed by atoms with Gasteiger partial charge in [-0.15, -0.1) is 0 Å². The normalized spacial score (nSPS) is 19.6. The zero-order chi connectivity index (χ0) is 10.9. The van der Waals surface area contributed by atoms with Crippen molar-refractivity contribution in [2.75, 3.05) is 19.6 Å². The van der Waals surface area contributed by atoms with Gasteiger partial charge >= 0.3 is 0 Å². The highest BCUT2D eigenvalue weighted by molar-refractivity contribution is 4.76. The van der Waals surface area contributed by atoms with Crippen LogP contribution in [0.25, 0.3) is 0 Å². The second-order valence-corrected chi connectivity index (χ2v) is 4.84. The predicted octanol–water partition coefficient (Wildman–Crippen LogP) is 2.77. The van der Waals surface area contributed by atoms with Crippen molar-refractivity contribution < 1.29 is 0 Å². The average molecular weight is 212 g/mol. The first kappa shape index (κ1) is 13.0. The molecule has 1 heterocycles. The summed E-state index contributed by atoms with van der Waals surface area (Å²) in [5, 5.41) is 0. The molecular weight excluding hydrogens is 184 g/mol. The SMILES string of the molecule is CCCCCCCC(CN)N1CCCC1. The minimum absolute atomic E-state index is 0.675. The number of hydrogen-bond donors (Lipinski definition) is 1. The molecule has 0 aromatic rings. The van der Waals surface area contributed by atoms with Gasteiger partial charge in [0.2, 0.25) is 0 Å². The Kier molecular flexibility index (Phi) is 7.03. The van der Waals surface area contributed by atoms with E-state index in [9.17, 15) is 0 Å². The van der Waals surface area contributed by atoms with Gasteiger partial charge in [-0.3, -0.25) is 4.90 Å². The molecule has 90 valence electrons. The van der Waals surface area contributed by atoms with Gasteiger partial charge in [-0.2, -0.15) is 0 Å². The van der Waals surface area contributed by atoms with Gasteiger partial charge in [0, 0.05) is 12.6 Å². The highest BCUT2D eigenvalue weighted by atomic mass is 15.2. The topological polar surface area (TPSA) is 29.3 Å². The first-order valence-corrected chi connectivity index (χ1v) is 6.82. The van der Waals surface area contributed by atoms with Crippen LogP contribution in [0.15, 0.2) is 0 Å². The lowest BCUT2D eigenvalue weighted by molar-refractivity contribution is 0.231. The van der Waals surface area contributed by atoms with Gasteiger partial charge in [-0.1, -0.05) is 39.0 Å². The second kappa shape index (κ2) is 8.12. The minimum atomic E-state index is 0.675. The first-order valence-electron chi connectivity index (χ1n) is 6.82. The molecule has 1 unspecified atom stereocenters. The molecule has 1 atom stereocenters. The fourth-order valence-electron chi connectivity index (χ4n) is 2.54. The van der Waals surface area contributed by atoms with Crippen LogP contribution in [-0.2, 0) is 0 Å². The summed E-state index contributed by atoms with van der Waals surface area (Å²) in [6, 6.07) is 0.675. The summed E-state index contributed by atoms with van der Waals surface area (Å²) in [5.74, 6) is 0. The van der Waals surface area contributed by atoms with Crippen molar-refractivity contribution >= 4 is 0 Å². The number of likely N-dealkylation sites (tertiary alicyclic amines) is 1. The van der Waals surface area contributed by atoms with Crippen LogP contribution in [0, 0.1) is 0 Å². The molecule has 0 saturated carbocycles. The summed E-state index contributed by atoms with van der Waals surface area (Å²) in [6.07, 6.45) is 11.0. The van der Waals surface area contributed by atoms with Crippen LogP contribution in [0.1, 0.15) is 58.3 Å². The van der Waals surface area contributed by atoms with E-state index in [-0.39, 0.29) is 0 Å². The molecule has 1 rings (SSSR count). The van der Waals surface area contributed by atoms with Crippen LogP contribution in [0.2, 0.25) is 0 Å². The Labute approximate surface area is 95.2 Å². The van der Waals surface area contributed by atoms with Crippen LogP contribution >= 0.6 is 0 Å². The number of nitrogens with two attached hydrogens (primary N) is 1. The molecule has 2 nitrogen and oxygen atoms in total. The van der Waals surface area contributed by atoms with Crippen molar-refractivity contribution in [3.8, 4) is 0 Å². The number of rotatable bonds is 8. The molecule has 0 aromatic heterocycles. The van der Waals surface area contributed by atoms with E-state index in [4.69, 9.17) is 5.73 Å². The summed E-state index contributed by atoms with van der Waals surface area (Å²) in [5.41, 5.74) is 5.85. The summed E-state index contributed by atoms with van der Waals surface area (Å²) in [6.45, 7) is 5.70. The summed E-state index contributed by atoms with van der Waals surface area (Å²) < 4.78 is 0. The van der Waals surface area contributed by atoms with Crippen molar-refractivity contribution in [2.24, 2.45) is 5.73 Å². The van der Waals surface area contributed by atoms with E-state index < -0.39 is 0 Å². The lowest BCUT2D eigenvalue weighted by Gasteiger charge is -2.26. The molecule has 1 fully saturated rings. The molecule has 1 saturated heterocycles. The molecule has 1 aliphatic heterocycles. The second-order valence-electron chi connectivity index (χ2n) is 4.84. The van der Waals surface area contributed by atoms with Crippen LogP contribution in [0.3, 0.4) is 0 Å². The average Bonchev–Trinajstić information content (AvgIpc) is 2.77. The van der Waals surface area contributed by atoms with Gasteiger partial charge in [-0.05, 0) is 32.4 Å². The Bertz CT molecular complexity index is 141. The van der Waals surface area contributed by atoms with E-state index in [1.807, 2.05) is 0 Å². The lowest BCUT2D eigenvalue weighted by Crippen LogP contribution is -2.38. The Morgan fingerprint density at radius 1 is 1.07 bits per heavy atom. The van der Waals surface area contributed by atoms with Crippen molar-refractivity contribution in [1.82, 2.24) is 4.90 Å².